The molecule has 2 aromatic carbocycles. The highest BCUT2D eigenvalue weighted by molar-refractivity contribution is 7.14. The lowest BCUT2D eigenvalue weighted by Crippen LogP contribution is -1.94. The van der Waals surface area contributed by atoms with Crippen LogP contribution in [0.2, 0.25) is 0 Å². The molecule has 0 saturated heterocycles. The van der Waals surface area contributed by atoms with Gasteiger partial charge in [-0.05, 0) is 10.8 Å². The summed E-state index contributed by atoms with van der Waals surface area (Å²) >= 11 is 1.55. The van der Waals surface area contributed by atoms with Gasteiger partial charge in [-0.3, -0.25) is 0 Å². The Bertz CT molecular complexity index is 655. The smallest absolute Gasteiger partial charge is 0.148 e. The van der Waals surface area contributed by atoms with Crippen LogP contribution >= 0.6 is 11.3 Å². The van der Waals surface area contributed by atoms with Crippen molar-refractivity contribution in [3.8, 4) is 10.6 Å². The van der Waals surface area contributed by atoms with E-state index in [1.807, 2.05) is 18.2 Å². The average Bonchev–Trinajstić information content (AvgIpc) is 2.87. The number of fused-ring (bicyclic) bond motifs is 1. The van der Waals surface area contributed by atoms with Crippen LogP contribution in [0.15, 0.2) is 42.5 Å². The fraction of sp³-hybridized carbons (Fsp3) is 0.0769. The van der Waals surface area contributed by atoms with E-state index in [0.717, 1.165) is 15.6 Å². The van der Waals surface area contributed by atoms with Crippen molar-refractivity contribution in [2.75, 3.05) is 0 Å². The predicted molar refractivity (Wildman–Crippen MR) is 70.7 cm³/mol. The summed E-state index contributed by atoms with van der Waals surface area (Å²) in [6.45, 7) is 0.447. The SMILES string of the molecule is NCc1nnc(-c2cccc3ccccc23)s1. The zero-order valence-electron chi connectivity index (χ0n) is 9.13. The second kappa shape index (κ2) is 4.24. The number of nitrogens with zero attached hydrogens (tertiary/aromatic N) is 2. The van der Waals surface area contributed by atoms with Crippen molar-refractivity contribution in [2.24, 2.45) is 5.73 Å². The van der Waals surface area contributed by atoms with Gasteiger partial charge in [0.15, 0.2) is 0 Å². The van der Waals surface area contributed by atoms with Crippen LogP contribution in [0.5, 0.6) is 0 Å². The van der Waals surface area contributed by atoms with Gasteiger partial charge < -0.3 is 5.73 Å². The van der Waals surface area contributed by atoms with Crippen molar-refractivity contribution in [1.82, 2.24) is 10.2 Å². The molecule has 0 radical (unpaired) electrons. The number of benzene rings is 2. The van der Waals surface area contributed by atoms with Crippen LogP contribution in [0.25, 0.3) is 21.3 Å². The van der Waals surface area contributed by atoms with E-state index in [4.69, 9.17) is 5.73 Å². The Morgan fingerprint density at radius 1 is 1.00 bits per heavy atom. The fourth-order valence-electron chi connectivity index (χ4n) is 1.86. The molecule has 0 saturated carbocycles. The minimum absolute atomic E-state index is 0.447. The highest BCUT2D eigenvalue weighted by atomic mass is 32.1. The summed E-state index contributed by atoms with van der Waals surface area (Å²) in [5, 5.41) is 12.5. The van der Waals surface area contributed by atoms with Gasteiger partial charge in [0.1, 0.15) is 10.0 Å². The Hall–Kier alpha value is -1.78. The van der Waals surface area contributed by atoms with Crippen LogP contribution < -0.4 is 5.73 Å². The van der Waals surface area contributed by atoms with Crippen molar-refractivity contribution in [1.29, 1.82) is 0 Å². The molecule has 1 aromatic heterocycles. The summed E-state index contributed by atoms with van der Waals surface area (Å²) in [5.41, 5.74) is 6.69. The van der Waals surface area contributed by atoms with Crippen LogP contribution in [0.1, 0.15) is 5.01 Å². The Morgan fingerprint density at radius 2 is 1.82 bits per heavy atom. The molecule has 0 aliphatic heterocycles. The van der Waals surface area contributed by atoms with Crippen molar-refractivity contribution < 1.29 is 0 Å². The Kier molecular flexibility index (Phi) is 2.59. The maximum atomic E-state index is 5.56. The first-order valence-electron chi connectivity index (χ1n) is 5.39. The average molecular weight is 241 g/mol. The van der Waals surface area contributed by atoms with E-state index in [1.165, 1.54) is 10.8 Å². The van der Waals surface area contributed by atoms with Gasteiger partial charge in [-0.15, -0.1) is 10.2 Å². The third kappa shape index (κ3) is 1.81. The molecule has 3 aromatic rings. The largest absolute Gasteiger partial charge is 0.324 e. The topological polar surface area (TPSA) is 51.8 Å². The molecule has 0 aliphatic carbocycles. The van der Waals surface area contributed by atoms with E-state index in [2.05, 4.69) is 34.5 Å². The molecular weight excluding hydrogens is 230 g/mol. The normalized spacial score (nSPS) is 10.9. The van der Waals surface area contributed by atoms with E-state index in [0.29, 0.717) is 6.54 Å². The highest BCUT2D eigenvalue weighted by Gasteiger charge is 2.08. The van der Waals surface area contributed by atoms with Gasteiger partial charge in [0.2, 0.25) is 0 Å². The van der Waals surface area contributed by atoms with Crippen LogP contribution in [0.4, 0.5) is 0 Å². The lowest BCUT2D eigenvalue weighted by molar-refractivity contribution is 0.960. The minimum Gasteiger partial charge on any atom is -0.324 e. The molecule has 0 unspecified atom stereocenters. The van der Waals surface area contributed by atoms with Crippen molar-refractivity contribution in [3.05, 3.63) is 47.5 Å². The third-order valence-corrected chi connectivity index (χ3v) is 3.64. The molecular formula is C13H11N3S. The molecule has 0 fully saturated rings. The summed E-state index contributed by atoms with van der Waals surface area (Å²) in [5.74, 6) is 0. The Balaban J connectivity index is 2.23. The second-order valence-electron chi connectivity index (χ2n) is 3.73. The van der Waals surface area contributed by atoms with E-state index in [1.54, 1.807) is 11.3 Å². The predicted octanol–water partition coefficient (Wildman–Crippen LogP) is 2.82. The molecule has 0 spiro atoms. The van der Waals surface area contributed by atoms with E-state index in [-0.39, 0.29) is 0 Å². The molecule has 17 heavy (non-hydrogen) atoms. The zero-order chi connectivity index (χ0) is 11.7. The molecule has 3 nitrogen and oxygen atoms in total. The summed E-state index contributed by atoms with van der Waals surface area (Å²) in [6.07, 6.45) is 0. The second-order valence-corrected chi connectivity index (χ2v) is 4.79. The van der Waals surface area contributed by atoms with E-state index >= 15 is 0 Å². The molecule has 3 rings (SSSR count). The molecule has 0 atom stereocenters. The number of rotatable bonds is 2. The van der Waals surface area contributed by atoms with Gasteiger partial charge in [-0.2, -0.15) is 0 Å². The van der Waals surface area contributed by atoms with Crippen LogP contribution in [0.3, 0.4) is 0 Å². The first-order valence-corrected chi connectivity index (χ1v) is 6.21. The van der Waals surface area contributed by atoms with Gasteiger partial charge in [-0.25, -0.2) is 0 Å². The molecule has 1 heterocycles. The van der Waals surface area contributed by atoms with E-state index < -0.39 is 0 Å². The van der Waals surface area contributed by atoms with Gasteiger partial charge in [-0.1, -0.05) is 53.8 Å². The lowest BCUT2D eigenvalue weighted by atomic mass is 10.1. The third-order valence-electron chi connectivity index (χ3n) is 2.66. The summed E-state index contributed by atoms with van der Waals surface area (Å²) < 4.78 is 0. The van der Waals surface area contributed by atoms with Gasteiger partial charge >= 0.3 is 0 Å². The monoisotopic (exact) mass is 241 g/mol. The number of aromatic nitrogens is 2. The van der Waals surface area contributed by atoms with Gasteiger partial charge in [0.05, 0.1) is 0 Å². The van der Waals surface area contributed by atoms with Gasteiger partial charge in [0.25, 0.3) is 0 Å². The maximum absolute atomic E-state index is 5.56. The molecule has 0 bridgehead atoms. The number of hydrogen-bond donors (Lipinski definition) is 1. The zero-order valence-corrected chi connectivity index (χ0v) is 9.95. The standard InChI is InChI=1S/C13H11N3S/c14-8-12-15-16-13(17-12)11-7-3-5-9-4-1-2-6-10(9)11/h1-7H,8,14H2. The highest BCUT2D eigenvalue weighted by Crippen LogP contribution is 2.30. The molecule has 0 aliphatic rings. The van der Waals surface area contributed by atoms with Crippen LogP contribution in [-0.4, -0.2) is 10.2 Å². The molecule has 2 N–H and O–H groups in total. The first-order chi connectivity index (χ1) is 8.38. The number of hydrogen-bond acceptors (Lipinski definition) is 4. The minimum atomic E-state index is 0.447. The first kappa shape index (κ1) is 10.4. The van der Waals surface area contributed by atoms with E-state index in [9.17, 15) is 0 Å². The summed E-state index contributed by atoms with van der Waals surface area (Å²) in [7, 11) is 0. The van der Waals surface area contributed by atoms with Crippen molar-refractivity contribution >= 4 is 22.1 Å². The maximum Gasteiger partial charge on any atom is 0.148 e. The van der Waals surface area contributed by atoms with Gasteiger partial charge in [0, 0.05) is 12.1 Å². The van der Waals surface area contributed by atoms with Crippen LogP contribution in [-0.2, 0) is 6.54 Å². The summed E-state index contributed by atoms with van der Waals surface area (Å²) in [6, 6.07) is 14.5. The van der Waals surface area contributed by atoms with Crippen LogP contribution in [0, 0.1) is 0 Å². The Morgan fingerprint density at radius 3 is 2.65 bits per heavy atom. The fourth-order valence-corrected chi connectivity index (χ4v) is 2.61. The Labute approximate surface area is 103 Å². The summed E-state index contributed by atoms with van der Waals surface area (Å²) in [4.78, 5) is 0. The lowest BCUT2D eigenvalue weighted by Gasteiger charge is -2.02. The molecule has 4 heteroatoms. The van der Waals surface area contributed by atoms with Crippen molar-refractivity contribution in [3.63, 3.8) is 0 Å². The van der Waals surface area contributed by atoms with Crippen molar-refractivity contribution in [2.45, 2.75) is 6.54 Å². The number of nitrogens with two attached hydrogens (primary N) is 1. The molecule has 84 valence electrons. The molecule has 0 amide bonds. The quantitative estimate of drug-likeness (QED) is 0.750.